The molecule has 0 fully saturated rings. The van der Waals surface area contributed by atoms with Gasteiger partial charge in [-0.2, -0.15) is 0 Å². The molecule has 3 rings (SSSR count). The first-order valence-corrected chi connectivity index (χ1v) is 9.38. The van der Waals surface area contributed by atoms with Crippen molar-refractivity contribution in [1.29, 1.82) is 0 Å². The monoisotopic (exact) mass is 394 g/mol. The molecule has 0 radical (unpaired) electrons. The number of hydrogen-bond acceptors (Lipinski definition) is 5. The summed E-state index contributed by atoms with van der Waals surface area (Å²) in [6.07, 6.45) is -0.415. The smallest absolute Gasteiger partial charge is 0.140 e. The van der Waals surface area contributed by atoms with Gasteiger partial charge in [-0.15, -0.1) is 0 Å². The fourth-order valence-electron chi connectivity index (χ4n) is 3.44. The highest BCUT2D eigenvalue weighted by Crippen LogP contribution is 2.38. The molecule has 0 aliphatic rings. The van der Waals surface area contributed by atoms with E-state index in [-0.39, 0.29) is 13.2 Å². The van der Waals surface area contributed by atoms with Gasteiger partial charge in [-0.05, 0) is 39.9 Å². The maximum Gasteiger partial charge on any atom is 0.140 e. The third-order valence-electron chi connectivity index (χ3n) is 5.21. The second-order valence-electron chi connectivity index (χ2n) is 6.82. The van der Waals surface area contributed by atoms with Gasteiger partial charge in [0.15, 0.2) is 0 Å². The van der Waals surface area contributed by atoms with Crippen LogP contribution in [0.5, 0.6) is 5.75 Å². The standard InChI is InChI=1S/C24H26O5/c1-28-22-13-11-21(12-14-22)24(27,19-7-3-17(15-25)4-8-19)20-9-5-18(6-10-20)23(16-26)29-2/h3-14,23,25-27H,15-16H2,1-2H3. The van der Waals surface area contributed by atoms with E-state index in [1.165, 1.54) is 0 Å². The van der Waals surface area contributed by atoms with E-state index in [0.29, 0.717) is 22.4 Å². The first-order chi connectivity index (χ1) is 14.1. The molecule has 0 bridgehead atoms. The van der Waals surface area contributed by atoms with E-state index >= 15 is 0 Å². The number of aliphatic hydroxyl groups is 3. The van der Waals surface area contributed by atoms with Gasteiger partial charge in [0.25, 0.3) is 0 Å². The number of methoxy groups -OCH3 is 2. The van der Waals surface area contributed by atoms with Gasteiger partial charge in [-0.3, -0.25) is 0 Å². The Morgan fingerprint density at radius 1 is 0.759 bits per heavy atom. The number of aliphatic hydroxyl groups excluding tert-OH is 2. The molecule has 0 aliphatic carbocycles. The van der Waals surface area contributed by atoms with Crippen LogP contribution in [0.1, 0.15) is 33.9 Å². The molecule has 2 atom stereocenters. The van der Waals surface area contributed by atoms with Crippen molar-refractivity contribution in [2.24, 2.45) is 0 Å². The SMILES string of the molecule is COc1ccc(C(O)(c2ccc(CO)cc2)c2ccc(C(CO)OC)cc2)cc1. The van der Waals surface area contributed by atoms with Crippen molar-refractivity contribution < 1.29 is 24.8 Å². The molecule has 29 heavy (non-hydrogen) atoms. The molecular formula is C24H26O5. The molecule has 0 spiro atoms. The Bertz CT molecular complexity index is 850. The Kier molecular flexibility index (Phi) is 6.67. The molecule has 3 N–H and O–H groups in total. The largest absolute Gasteiger partial charge is 0.497 e. The summed E-state index contributed by atoms with van der Waals surface area (Å²) in [4.78, 5) is 0. The lowest BCUT2D eigenvalue weighted by Gasteiger charge is -2.31. The van der Waals surface area contributed by atoms with Crippen LogP contribution in [0.2, 0.25) is 0 Å². The van der Waals surface area contributed by atoms with Crippen molar-refractivity contribution in [2.75, 3.05) is 20.8 Å². The molecule has 5 nitrogen and oxygen atoms in total. The molecule has 0 saturated heterocycles. The second kappa shape index (κ2) is 9.20. The third-order valence-corrected chi connectivity index (χ3v) is 5.21. The number of ether oxygens (including phenoxy) is 2. The van der Waals surface area contributed by atoms with Gasteiger partial charge in [0.2, 0.25) is 0 Å². The molecule has 152 valence electrons. The van der Waals surface area contributed by atoms with E-state index in [1.807, 2.05) is 60.7 Å². The average molecular weight is 394 g/mol. The highest BCUT2D eigenvalue weighted by Gasteiger charge is 2.34. The fraction of sp³-hybridized carbons (Fsp3) is 0.250. The summed E-state index contributed by atoms with van der Waals surface area (Å²) < 4.78 is 10.5. The van der Waals surface area contributed by atoms with Crippen LogP contribution >= 0.6 is 0 Å². The third kappa shape index (κ3) is 4.18. The van der Waals surface area contributed by atoms with Crippen molar-refractivity contribution in [3.8, 4) is 5.75 Å². The van der Waals surface area contributed by atoms with Gasteiger partial charge in [0, 0.05) is 7.11 Å². The van der Waals surface area contributed by atoms with E-state index in [0.717, 1.165) is 11.1 Å². The van der Waals surface area contributed by atoms with Gasteiger partial charge in [0.1, 0.15) is 17.5 Å². The quantitative estimate of drug-likeness (QED) is 0.512. The molecule has 2 unspecified atom stereocenters. The maximum absolute atomic E-state index is 11.9. The first-order valence-electron chi connectivity index (χ1n) is 9.38. The van der Waals surface area contributed by atoms with Crippen molar-refractivity contribution >= 4 is 0 Å². The van der Waals surface area contributed by atoms with Gasteiger partial charge >= 0.3 is 0 Å². The van der Waals surface area contributed by atoms with Crippen LogP contribution in [0, 0.1) is 0 Å². The zero-order valence-corrected chi connectivity index (χ0v) is 16.6. The number of benzene rings is 3. The molecular weight excluding hydrogens is 368 g/mol. The summed E-state index contributed by atoms with van der Waals surface area (Å²) in [6, 6.07) is 21.9. The molecule has 0 heterocycles. The summed E-state index contributed by atoms with van der Waals surface area (Å²) >= 11 is 0. The summed E-state index contributed by atoms with van der Waals surface area (Å²) in [5, 5.41) is 30.7. The van der Waals surface area contributed by atoms with Crippen LogP contribution in [0.15, 0.2) is 72.8 Å². The van der Waals surface area contributed by atoms with Gasteiger partial charge in [-0.1, -0.05) is 60.7 Å². The normalized spacial score (nSPS) is 14.2. The predicted octanol–water partition coefficient (Wildman–Crippen LogP) is 3.15. The number of hydrogen-bond donors (Lipinski definition) is 3. The molecule has 3 aromatic carbocycles. The average Bonchev–Trinajstić information content (AvgIpc) is 2.80. The lowest BCUT2D eigenvalue weighted by atomic mass is 9.80. The lowest BCUT2D eigenvalue weighted by molar-refractivity contribution is 0.0483. The summed E-state index contributed by atoms with van der Waals surface area (Å²) in [6.45, 7) is -0.184. The minimum atomic E-state index is -1.40. The van der Waals surface area contributed by atoms with Crippen LogP contribution in [-0.2, 0) is 16.9 Å². The lowest BCUT2D eigenvalue weighted by Crippen LogP contribution is -2.29. The van der Waals surface area contributed by atoms with Crippen molar-refractivity contribution in [3.63, 3.8) is 0 Å². The Morgan fingerprint density at radius 3 is 1.66 bits per heavy atom. The van der Waals surface area contributed by atoms with Crippen LogP contribution < -0.4 is 4.74 Å². The molecule has 0 amide bonds. The van der Waals surface area contributed by atoms with E-state index in [1.54, 1.807) is 26.4 Å². The highest BCUT2D eigenvalue weighted by molar-refractivity contribution is 5.49. The van der Waals surface area contributed by atoms with E-state index in [2.05, 4.69) is 0 Å². The molecule has 0 saturated carbocycles. The Balaban J connectivity index is 2.11. The topological polar surface area (TPSA) is 79.2 Å². The molecule has 3 aromatic rings. The minimum absolute atomic E-state index is 0.0600. The Labute approximate surface area is 170 Å². The van der Waals surface area contributed by atoms with Crippen LogP contribution in [-0.4, -0.2) is 36.1 Å². The predicted molar refractivity (Wildman–Crippen MR) is 111 cm³/mol. The Hall–Kier alpha value is -2.70. The van der Waals surface area contributed by atoms with Gasteiger partial charge in [0.05, 0.1) is 20.3 Å². The van der Waals surface area contributed by atoms with Crippen molar-refractivity contribution in [1.82, 2.24) is 0 Å². The minimum Gasteiger partial charge on any atom is -0.497 e. The summed E-state index contributed by atoms with van der Waals surface area (Å²) in [5.74, 6) is 0.702. The number of rotatable bonds is 8. The van der Waals surface area contributed by atoms with E-state index < -0.39 is 11.7 Å². The first kappa shape index (κ1) is 21.0. The summed E-state index contributed by atoms with van der Waals surface area (Å²) in [5.41, 5.74) is 2.24. The maximum atomic E-state index is 11.9. The molecule has 5 heteroatoms. The van der Waals surface area contributed by atoms with E-state index in [9.17, 15) is 15.3 Å². The van der Waals surface area contributed by atoms with E-state index in [4.69, 9.17) is 9.47 Å². The second-order valence-corrected chi connectivity index (χ2v) is 6.82. The van der Waals surface area contributed by atoms with Crippen molar-refractivity contribution in [2.45, 2.75) is 18.3 Å². The van der Waals surface area contributed by atoms with Gasteiger partial charge in [-0.25, -0.2) is 0 Å². The van der Waals surface area contributed by atoms with Crippen LogP contribution in [0.4, 0.5) is 0 Å². The zero-order chi connectivity index (χ0) is 20.9. The van der Waals surface area contributed by atoms with Gasteiger partial charge < -0.3 is 24.8 Å². The summed E-state index contributed by atoms with van der Waals surface area (Å²) in [7, 11) is 3.14. The van der Waals surface area contributed by atoms with Crippen LogP contribution in [0.25, 0.3) is 0 Å². The van der Waals surface area contributed by atoms with Crippen molar-refractivity contribution in [3.05, 3.63) is 101 Å². The Morgan fingerprint density at radius 2 is 1.24 bits per heavy atom. The highest BCUT2D eigenvalue weighted by atomic mass is 16.5. The zero-order valence-electron chi connectivity index (χ0n) is 16.6. The fourth-order valence-corrected chi connectivity index (χ4v) is 3.44. The van der Waals surface area contributed by atoms with Crippen LogP contribution in [0.3, 0.4) is 0 Å². The molecule has 0 aromatic heterocycles. The molecule has 0 aliphatic heterocycles.